The lowest BCUT2D eigenvalue weighted by atomic mass is 10.4. The summed E-state index contributed by atoms with van der Waals surface area (Å²) >= 11 is 0. The van der Waals surface area contributed by atoms with Crippen molar-refractivity contribution in [3.63, 3.8) is 0 Å². The first-order valence-corrected chi connectivity index (χ1v) is 5.87. The molecule has 0 saturated carbocycles. The maximum absolute atomic E-state index is 11.2. The molecule has 1 fully saturated rings. The van der Waals surface area contributed by atoms with Crippen LogP contribution in [-0.4, -0.2) is 44.7 Å². The smallest absolute Gasteiger partial charge is 0.213 e. The lowest BCUT2D eigenvalue weighted by Crippen LogP contribution is -2.34. The van der Waals surface area contributed by atoms with Crippen LogP contribution in [-0.2, 0) is 10.0 Å². The molecule has 1 saturated heterocycles. The molecule has 0 bridgehead atoms. The summed E-state index contributed by atoms with van der Waals surface area (Å²) in [7, 11) is -3.03. The van der Waals surface area contributed by atoms with Gasteiger partial charge in [-0.1, -0.05) is 0 Å². The van der Waals surface area contributed by atoms with Crippen molar-refractivity contribution >= 4 is 10.0 Å². The van der Waals surface area contributed by atoms with Crippen LogP contribution in [0.3, 0.4) is 0 Å². The third kappa shape index (κ3) is 4.04. The van der Waals surface area contributed by atoms with Crippen molar-refractivity contribution in [1.82, 2.24) is 9.62 Å². The first-order chi connectivity index (χ1) is 5.49. The van der Waals surface area contributed by atoms with E-state index in [4.69, 9.17) is 0 Å². The van der Waals surface area contributed by atoms with E-state index in [2.05, 4.69) is 9.62 Å². The van der Waals surface area contributed by atoms with E-state index < -0.39 is 10.0 Å². The third-order valence-corrected chi connectivity index (χ3v) is 3.18. The summed E-state index contributed by atoms with van der Waals surface area (Å²) in [4.78, 5) is 2.10. The van der Waals surface area contributed by atoms with Gasteiger partial charge in [-0.15, -0.1) is 0 Å². The molecule has 4 nitrogen and oxygen atoms in total. The van der Waals surface area contributed by atoms with Gasteiger partial charge in [-0.2, -0.15) is 0 Å². The summed E-state index contributed by atoms with van der Waals surface area (Å²) < 4.78 is 25.0. The molecule has 0 radical (unpaired) electrons. The molecule has 12 heavy (non-hydrogen) atoms. The molecule has 5 heteroatoms. The fourth-order valence-corrected chi connectivity index (χ4v) is 2.30. The Morgan fingerprint density at radius 2 is 2.00 bits per heavy atom. The molecule has 0 atom stereocenters. The predicted molar refractivity (Wildman–Crippen MR) is 48.5 cm³/mol. The normalized spacial score (nSPS) is 18.6. The zero-order valence-corrected chi connectivity index (χ0v) is 8.39. The maximum Gasteiger partial charge on any atom is 0.213 e. The molecule has 0 amide bonds. The van der Waals surface area contributed by atoms with Crippen molar-refractivity contribution in [1.29, 1.82) is 0 Å². The molecule has 0 aromatic carbocycles. The number of rotatable bonds is 5. The van der Waals surface area contributed by atoms with E-state index in [1.165, 1.54) is 0 Å². The van der Waals surface area contributed by atoms with Gasteiger partial charge >= 0.3 is 0 Å². The molecule has 1 aliphatic heterocycles. The van der Waals surface area contributed by atoms with Crippen LogP contribution in [0.1, 0.15) is 13.8 Å². The Kier molecular flexibility index (Phi) is 3.09. The maximum atomic E-state index is 11.2. The van der Waals surface area contributed by atoms with Crippen molar-refractivity contribution in [3.8, 4) is 0 Å². The molecule has 1 N–H and O–H groups in total. The Morgan fingerprint density at radius 1 is 1.42 bits per heavy atom. The molecule has 0 unspecified atom stereocenters. The van der Waals surface area contributed by atoms with Crippen LogP contribution in [0.25, 0.3) is 0 Å². The second-order valence-electron chi connectivity index (χ2n) is 3.43. The van der Waals surface area contributed by atoms with E-state index in [9.17, 15) is 8.42 Å². The second kappa shape index (κ2) is 3.72. The summed E-state index contributed by atoms with van der Waals surface area (Å²) in [6.45, 7) is 6.43. The summed E-state index contributed by atoms with van der Waals surface area (Å²) in [5.74, 6) is 0.227. The van der Waals surface area contributed by atoms with Crippen LogP contribution < -0.4 is 4.72 Å². The van der Waals surface area contributed by atoms with Gasteiger partial charge in [0.25, 0.3) is 0 Å². The van der Waals surface area contributed by atoms with Gasteiger partial charge in [0.1, 0.15) is 0 Å². The van der Waals surface area contributed by atoms with Crippen molar-refractivity contribution in [2.24, 2.45) is 0 Å². The Bertz CT molecular complexity index is 232. The lowest BCUT2D eigenvalue weighted by Gasteiger charge is -2.08. The minimum atomic E-state index is -3.03. The van der Waals surface area contributed by atoms with Crippen LogP contribution in [0.5, 0.6) is 0 Å². The standard InChI is InChI=1S/C7H16N2O2S/c1-7(2)8-12(10,11)6-5-9-3-4-9/h7-8H,3-6H2,1-2H3. The highest BCUT2D eigenvalue weighted by atomic mass is 32.2. The molecular weight excluding hydrogens is 176 g/mol. The van der Waals surface area contributed by atoms with Crippen molar-refractivity contribution in [2.45, 2.75) is 19.9 Å². The highest BCUT2D eigenvalue weighted by Gasteiger charge is 2.20. The minimum absolute atomic E-state index is 0.00389. The van der Waals surface area contributed by atoms with Gasteiger partial charge in [-0.25, -0.2) is 13.1 Å². The zero-order chi connectivity index (χ0) is 9.19. The monoisotopic (exact) mass is 192 g/mol. The molecule has 0 spiro atoms. The fraction of sp³-hybridized carbons (Fsp3) is 1.00. The van der Waals surface area contributed by atoms with Gasteiger partial charge < -0.3 is 0 Å². The molecule has 0 aliphatic carbocycles. The Balaban J connectivity index is 2.26. The van der Waals surface area contributed by atoms with E-state index >= 15 is 0 Å². The summed E-state index contributed by atoms with van der Waals surface area (Å²) in [6, 6.07) is 0.00389. The largest absolute Gasteiger partial charge is 0.300 e. The fourth-order valence-electron chi connectivity index (χ4n) is 0.962. The van der Waals surface area contributed by atoms with Gasteiger partial charge in [0, 0.05) is 25.7 Å². The summed E-state index contributed by atoms with van der Waals surface area (Å²) in [5.41, 5.74) is 0. The number of nitrogens with zero attached hydrogens (tertiary/aromatic N) is 1. The van der Waals surface area contributed by atoms with Gasteiger partial charge in [-0.05, 0) is 13.8 Å². The van der Waals surface area contributed by atoms with Gasteiger partial charge in [0.2, 0.25) is 10.0 Å². The van der Waals surface area contributed by atoms with E-state index in [1.807, 2.05) is 13.8 Å². The van der Waals surface area contributed by atoms with Gasteiger partial charge in [0.15, 0.2) is 0 Å². The van der Waals surface area contributed by atoms with E-state index in [1.54, 1.807) is 0 Å². The minimum Gasteiger partial charge on any atom is -0.300 e. The molecule has 0 aromatic heterocycles. The zero-order valence-electron chi connectivity index (χ0n) is 7.58. The van der Waals surface area contributed by atoms with Crippen molar-refractivity contribution < 1.29 is 8.42 Å². The number of nitrogens with one attached hydrogen (secondary N) is 1. The van der Waals surface area contributed by atoms with Gasteiger partial charge in [0.05, 0.1) is 5.75 Å². The Hall–Kier alpha value is -0.130. The number of hydrogen-bond donors (Lipinski definition) is 1. The number of sulfonamides is 1. The average molecular weight is 192 g/mol. The van der Waals surface area contributed by atoms with Crippen molar-refractivity contribution in [3.05, 3.63) is 0 Å². The molecule has 72 valence electrons. The van der Waals surface area contributed by atoms with Crippen LogP contribution in [0.15, 0.2) is 0 Å². The van der Waals surface area contributed by atoms with E-state index in [-0.39, 0.29) is 11.8 Å². The van der Waals surface area contributed by atoms with Crippen LogP contribution in [0, 0.1) is 0 Å². The SMILES string of the molecule is CC(C)NS(=O)(=O)CCN1CC1. The van der Waals surface area contributed by atoms with E-state index in [0.717, 1.165) is 13.1 Å². The van der Waals surface area contributed by atoms with Crippen molar-refractivity contribution in [2.75, 3.05) is 25.4 Å². The number of hydrogen-bond acceptors (Lipinski definition) is 3. The first-order valence-electron chi connectivity index (χ1n) is 4.22. The summed E-state index contributed by atoms with van der Waals surface area (Å²) in [6.07, 6.45) is 0. The topological polar surface area (TPSA) is 49.2 Å². The highest BCUT2D eigenvalue weighted by Crippen LogP contribution is 2.02. The molecule has 0 aromatic rings. The first kappa shape index (κ1) is 9.95. The second-order valence-corrected chi connectivity index (χ2v) is 5.31. The Labute approximate surface area is 74.0 Å². The quantitative estimate of drug-likeness (QED) is 0.605. The molecule has 1 aliphatic rings. The predicted octanol–water partition coefficient (Wildman–Crippen LogP) is -0.370. The Morgan fingerprint density at radius 3 is 2.42 bits per heavy atom. The van der Waals surface area contributed by atoms with Crippen LogP contribution in [0.2, 0.25) is 0 Å². The average Bonchev–Trinajstić information content (AvgIpc) is 2.62. The summed E-state index contributed by atoms with van der Waals surface area (Å²) in [5, 5.41) is 0. The molecule has 1 heterocycles. The highest BCUT2D eigenvalue weighted by molar-refractivity contribution is 7.89. The van der Waals surface area contributed by atoms with Crippen LogP contribution >= 0.6 is 0 Å². The van der Waals surface area contributed by atoms with Gasteiger partial charge in [-0.3, -0.25) is 4.90 Å². The molecule has 1 rings (SSSR count). The van der Waals surface area contributed by atoms with Crippen LogP contribution in [0.4, 0.5) is 0 Å². The third-order valence-electron chi connectivity index (χ3n) is 1.63. The van der Waals surface area contributed by atoms with E-state index in [0.29, 0.717) is 6.54 Å². The molecular formula is C7H16N2O2S. The lowest BCUT2D eigenvalue weighted by molar-refractivity contribution is 0.546.